The van der Waals surface area contributed by atoms with Crippen LogP contribution in [-0.4, -0.2) is 10.2 Å². The molecule has 0 atom stereocenters. The number of hydrogen-bond acceptors (Lipinski definition) is 2. The van der Waals surface area contributed by atoms with E-state index in [4.69, 9.17) is 17.3 Å². The summed E-state index contributed by atoms with van der Waals surface area (Å²) >= 11 is 9.73. The van der Waals surface area contributed by atoms with Crippen molar-refractivity contribution in [2.24, 2.45) is 0 Å². The van der Waals surface area contributed by atoms with Gasteiger partial charge in [-0.1, -0.05) is 45.7 Å². The van der Waals surface area contributed by atoms with Crippen molar-refractivity contribution in [3.8, 4) is 22.4 Å². The lowest BCUT2D eigenvalue weighted by molar-refractivity contribution is 1.10. The van der Waals surface area contributed by atoms with Crippen LogP contribution < -0.4 is 5.73 Å². The number of aromatic nitrogens is 2. The van der Waals surface area contributed by atoms with Crippen molar-refractivity contribution in [3.63, 3.8) is 0 Å². The molecule has 0 aliphatic carbocycles. The summed E-state index contributed by atoms with van der Waals surface area (Å²) in [6, 6.07) is 13.8. The van der Waals surface area contributed by atoms with E-state index in [1.54, 1.807) is 0 Å². The normalized spacial score (nSPS) is 10.8. The Kier molecular flexibility index (Phi) is 3.74. The maximum absolute atomic E-state index is 6.16. The minimum absolute atomic E-state index is 0.467. The molecule has 3 nitrogen and oxygen atoms in total. The van der Waals surface area contributed by atoms with E-state index in [1.165, 1.54) is 0 Å². The summed E-state index contributed by atoms with van der Waals surface area (Å²) in [6.07, 6.45) is 0. The van der Waals surface area contributed by atoms with E-state index >= 15 is 0 Å². The molecule has 3 N–H and O–H groups in total. The fourth-order valence-corrected chi connectivity index (χ4v) is 3.15. The monoisotopic (exact) mass is 361 g/mol. The Morgan fingerprint density at radius 3 is 2.67 bits per heavy atom. The quantitative estimate of drug-likeness (QED) is 0.670. The first-order chi connectivity index (χ1) is 10.1. The molecular formula is C16H13BrClN3. The van der Waals surface area contributed by atoms with Crippen LogP contribution in [0.4, 0.5) is 5.82 Å². The van der Waals surface area contributed by atoms with Crippen LogP contribution in [0.15, 0.2) is 46.9 Å². The summed E-state index contributed by atoms with van der Waals surface area (Å²) < 4.78 is 0.970. The average Bonchev–Trinajstić information content (AvgIpc) is 2.80. The minimum Gasteiger partial charge on any atom is -0.382 e. The highest BCUT2D eigenvalue weighted by molar-refractivity contribution is 9.10. The highest BCUT2D eigenvalue weighted by Gasteiger charge is 2.17. The van der Waals surface area contributed by atoms with Gasteiger partial charge >= 0.3 is 0 Å². The first-order valence-corrected chi connectivity index (χ1v) is 7.59. The average molecular weight is 363 g/mol. The smallest absolute Gasteiger partial charge is 0.153 e. The van der Waals surface area contributed by atoms with Crippen molar-refractivity contribution in [2.75, 3.05) is 5.73 Å². The number of benzene rings is 2. The Hall–Kier alpha value is -1.78. The molecule has 106 valence electrons. The van der Waals surface area contributed by atoms with Crippen LogP contribution in [0.25, 0.3) is 22.4 Å². The van der Waals surface area contributed by atoms with Crippen LogP contribution in [0.3, 0.4) is 0 Å². The van der Waals surface area contributed by atoms with Gasteiger partial charge in [-0.3, -0.25) is 5.10 Å². The highest BCUT2D eigenvalue weighted by Crippen LogP contribution is 2.39. The van der Waals surface area contributed by atoms with E-state index < -0.39 is 0 Å². The summed E-state index contributed by atoms with van der Waals surface area (Å²) in [5, 5.41) is 7.87. The Labute approximate surface area is 136 Å². The number of H-pyrrole nitrogens is 1. The van der Waals surface area contributed by atoms with Gasteiger partial charge in [0.25, 0.3) is 0 Å². The number of nitrogens with zero attached hydrogens (tertiary/aromatic N) is 1. The van der Waals surface area contributed by atoms with Gasteiger partial charge in [-0.2, -0.15) is 5.10 Å². The van der Waals surface area contributed by atoms with Crippen molar-refractivity contribution in [2.45, 2.75) is 6.92 Å². The molecule has 2 aromatic carbocycles. The number of nitrogen functional groups attached to an aromatic ring is 1. The van der Waals surface area contributed by atoms with Gasteiger partial charge in [0.1, 0.15) is 0 Å². The zero-order chi connectivity index (χ0) is 15.0. The zero-order valence-corrected chi connectivity index (χ0v) is 13.7. The molecule has 0 bridgehead atoms. The van der Waals surface area contributed by atoms with Gasteiger partial charge in [-0.25, -0.2) is 0 Å². The summed E-state index contributed by atoms with van der Waals surface area (Å²) in [5.74, 6) is 0.467. The van der Waals surface area contributed by atoms with Gasteiger partial charge in [-0.05, 0) is 36.8 Å². The maximum atomic E-state index is 6.16. The van der Waals surface area contributed by atoms with Crippen LogP contribution in [0.2, 0.25) is 5.02 Å². The van der Waals surface area contributed by atoms with E-state index in [-0.39, 0.29) is 0 Å². The molecular weight excluding hydrogens is 350 g/mol. The Morgan fingerprint density at radius 2 is 1.95 bits per heavy atom. The second-order valence-corrected chi connectivity index (χ2v) is 6.15. The van der Waals surface area contributed by atoms with E-state index in [0.29, 0.717) is 10.8 Å². The number of nitrogens with one attached hydrogen (secondary N) is 1. The number of rotatable bonds is 2. The zero-order valence-electron chi connectivity index (χ0n) is 11.3. The predicted molar refractivity (Wildman–Crippen MR) is 91.3 cm³/mol. The molecule has 5 heteroatoms. The molecule has 0 saturated carbocycles. The Balaban J connectivity index is 2.24. The van der Waals surface area contributed by atoms with E-state index in [0.717, 1.165) is 32.4 Å². The summed E-state index contributed by atoms with van der Waals surface area (Å²) in [5.41, 5.74) is 10.9. The highest BCUT2D eigenvalue weighted by atomic mass is 79.9. The van der Waals surface area contributed by atoms with Crippen molar-refractivity contribution < 1.29 is 0 Å². The van der Waals surface area contributed by atoms with E-state index in [9.17, 15) is 0 Å². The van der Waals surface area contributed by atoms with Crippen LogP contribution in [-0.2, 0) is 0 Å². The number of hydrogen-bond donors (Lipinski definition) is 2. The lowest BCUT2D eigenvalue weighted by Crippen LogP contribution is -1.90. The van der Waals surface area contributed by atoms with E-state index in [1.807, 2.05) is 43.3 Å². The summed E-state index contributed by atoms with van der Waals surface area (Å²) in [6.45, 7) is 2.01. The first-order valence-electron chi connectivity index (χ1n) is 6.42. The number of nitrogens with two attached hydrogens (primary N) is 1. The lowest BCUT2D eigenvalue weighted by atomic mass is 10.00. The molecule has 1 heterocycles. The third-order valence-electron chi connectivity index (χ3n) is 3.27. The van der Waals surface area contributed by atoms with Gasteiger partial charge in [0.2, 0.25) is 0 Å². The molecule has 0 unspecified atom stereocenters. The summed E-state index contributed by atoms with van der Waals surface area (Å²) in [4.78, 5) is 0. The lowest BCUT2D eigenvalue weighted by Gasteiger charge is -2.08. The summed E-state index contributed by atoms with van der Waals surface area (Å²) in [7, 11) is 0. The van der Waals surface area contributed by atoms with Crippen molar-refractivity contribution in [3.05, 3.63) is 57.5 Å². The second kappa shape index (κ2) is 5.54. The van der Waals surface area contributed by atoms with Crippen LogP contribution in [0.1, 0.15) is 5.56 Å². The van der Waals surface area contributed by atoms with Crippen LogP contribution in [0, 0.1) is 6.92 Å². The standard InChI is InChI=1S/C16H13BrClN3/c1-9-6-10(8-11(18)7-9)15-14(16(19)21-20-15)12-4-2-3-5-13(12)17/h2-8H,1H3,(H3,19,20,21). The van der Waals surface area contributed by atoms with Gasteiger partial charge in [0.15, 0.2) is 5.82 Å². The topological polar surface area (TPSA) is 54.7 Å². The molecule has 0 fully saturated rings. The van der Waals surface area contributed by atoms with Crippen molar-refractivity contribution in [1.82, 2.24) is 10.2 Å². The van der Waals surface area contributed by atoms with Crippen molar-refractivity contribution >= 4 is 33.3 Å². The largest absolute Gasteiger partial charge is 0.382 e. The Morgan fingerprint density at radius 1 is 1.19 bits per heavy atom. The fraction of sp³-hybridized carbons (Fsp3) is 0.0625. The second-order valence-electron chi connectivity index (χ2n) is 4.86. The third kappa shape index (κ3) is 2.69. The van der Waals surface area contributed by atoms with Crippen LogP contribution in [0.5, 0.6) is 0 Å². The van der Waals surface area contributed by atoms with Crippen molar-refractivity contribution in [1.29, 1.82) is 0 Å². The van der Waals surface area contributed by atoms with Crippen LogP contribution >= 0.6 is 27.5 Å². The number of aryl methyl sites for hydroxylation is 1. The molecule has 21 heavy (non-hydrogen) atoms. The molecule has 0 saturated heterocycles. The SMILES string of the molecule is Cc1cc(Cl)cc(-c2[nH]nc(N)c2-c2ccccc2Br)c1. The number of aromatic amines is 1. The molecule has 0 aliphatic rings. The Bertz CT molecular complexity index is 791. The molecule has 0 amide bonds. The van der Waals surface area contributed by atoms with E-state index in [2.05, 4.69) is 32.2 Å². The number of anilines is 1. The van der Waals surface area contributed by atoms with Gasteiger partial charge in [-0.15, -0.1) is 0 Å². The van der Waals surface area contributed by atoms with Gasteiger partial charge in [0, 0.05) is 20.6 Å². The maximum Gasteiger partial charge on any atom is 0.153 e. The molecule has 0 radical (unpaired) electrons. The molecule has 3 rings (SSSR count). The van der Waals surface area contributed by atoms with Gasteiger partial charge in [0.05, 0.1) is 11.3 Å². The molecule has 3 aromatic rings. The molecule has 0 spiro atoms. The molecule has 1 aromatic heterocycles. The fourth-order valence-electron chi connectivity index (χ4n) is 2.38. The number of halogens is 2. The first kappa shape index (κ1) is 14.2. The minimum atomic E-state index is 0.467. The predicted octanol–water partition coefficient (Wildman–Crippen LogP) is 5.05. The third-order valence-corrected chi connectivity index (χ3v) is 4.18. The molecule has 0 aliphatic heterocycles. The van der Waals surface area contributed by atoms with Gasteiger partial charge < -0.3 is 5.73 Å².